The first-order chi connectivity index (χ1) is 9.79. The van der Waals surface area contributed by atoms with E-state index in [0.29, 0.717) is 17.8 Å². The van der Waals surface area contributed by atoms with Gasteiger partial charge in [0.2, 0.25) is 0 Å². The standard InChI is InChI=1S/C15H18N4S/c16-13-8-14(18-15(17-13)10-3-4-10)19(11-5-6-11)9-12-2-1-7-20-12/h1-2,7-8,10-11H,3-6,9H2,(H2,16,17,18). The Labute approximate surface area is 122 Å². The highest BCUT2D eigenvalue weighted by Gasteiger charge is 2.32. The van der Waals surface area contributed by atoms with E-state index in [9.17, 15) is 0 Å². The van der Waals surface area contributed by atoms with Crippen LogP contribution in [-0.2, 0) is 6.54 Å². The summed E-state index contributed by atoms with van der Waals surface area (Å²) in [6.45, 7) is 0.933. The second-order valence-corrected chi connectivity index (χ2v) is 6.75. The highest BCUT2D eigenvalue weighted by Crippen LogP contribution is 2.40. The lowest BCUT2D eigenvalue weighted by molar-refractivity contribution is 0.772. The van der Waals surface area contributed by atoms with Crippen molar-refractivity contribution in [2.75, 3.05) is 10.6 Å². The molecule has 2 aromatic rings. The third-order valence-corrected chi connectivity index (χ3v) is 4.74. The van der Waals surface area contributed by atoms with E-state index in [1.807, 2.05) is 6.07 Å². The lowest BCUT2D eigenvalue weighted by Gasteiger charge is -2.23. The summed E-state index contributed by atoms with van der Waals surface area (Å²) in [6.07, 6.45) is 4.93. The largest absolute Gasteiger partial charge is 0.384 e. The molecule has 0 aliphatic heterocycles. The number of hydrogen-bond acceptors (Lipinski definition) is 5. The molecule has 0 saturated heterocycles. The quantitative estimate of drug-likeness (QED) is 0.917. The predicted octanol–water partition coefficient (Wildman–Crippen LogP) is 3.17. The highest BCUT2D eigenvalue weighted by molar-refractivity contribution is 7.09. The van der Waals surface area contributed by atoms with Crippen molar-refractivity contribution in [1.29, 1.82) is 0 Å². The number of thiophene rings is 1. The lowest BCUT2D eigenvalue weighted by atomic mass is 10.3. The summed E-state index contributed by atoms with van der Waals surface area (Å²) in [4.78, 5) is 13.0. The minimum absolute atomic E-state index is 0.542. The SMILES string of the molecule is Nc1cc(N(Cc2cccs2)C2CC2)nc(C2CC2)n1. The van der Waals surface area contributed by atoms with Crippen LogP contribution in [0.5, 0.6) is 0 Å². The van der Waals surface area contributed by atoms with E-state index in [1.54, 1.807) is 11.3 Å². The van der Waals surface area contributed by atoms with Crippen LogP contribution in [0.4, 0.5) is 11.6 Å². The molecule has 0 spiro atoms. The first-order valence-corrected chi connectivity index (χ1v) is 8.11. The highest BCUT2D eigenvalue weighted by atomic mass is 32.1. The summed E-state index contributed by atoms with van der Waals surface area (Å²) in [5.41, 5.74) is 5.98. The molecule has 0 radical (unpaired) electrons. The van der Waals surface area contributed by atoms with Gasteiger partial charge in [0.1, 0.15) is 17.5 Å². The second-order valence-electron chi connectivity index (χ2n) is 5.72. The van der Waals surface area contributed by atoms with Crippen LogP contribution in [0.25, 0.3) is 0 Å². The first kappa shape index (κ1) is 12.1. The Balaban J connectivity index is 1.65. The van der Waals surface area contributed by atoms with Crippen LogP contribution in [0.2, 0.25) is 0 Å². The Morgan fingerprint density at radius 3 is 2.75 bits per heavy atom. The number of rotatable bonds is 5. The van der Waals surface area contributed by atoms with Gasteiger partial charge in [-0.2, -0.15) is 0 Å². The fourth-order valence-corrected chi connectivity index (χ4v) is 3.20. The zero-order chi connectivity index (χ0) is 13.5. The topological polar surface area (TPSA) is 55.0 Å². The van der Waals surface area contributed by atoms with E-state index in [4.69, 9.17) is 10.7 Å². The molecule has 0 aromatic carbocycles. The summed E-state index contributed by atoms with van der Waals surface area (Å²) in [7, 11) is 0. The third kappa shape index (κ3) is 2.50. The van der Waals surface area contributed by atoms with Gasteiger partial charge in [0, 0.05) is 22.9 Å². The normalized spacial score (nSPS) is 18.2. The fraction of sp³-hybridized carbons (Fsp3) is 0.467. The number of nitrogens with zero attached hydrogens (tertiary/aromatic N) is 3. The maximum absolute atomic E-state index is 5.98. The van der Waals surface area contributed by atoms with Crippen LogP contribution in [0, 0.1) is 0 Å². The molecular weight excluding hydrogens is 268 g/mol. The maximum Gasteiger partial charge on any atom is 0.136 e. The van der Waals surface area contributed by atoms with Crippen molar-refractivity contribution in [3.05, 3.63) is 34.3 Å². The van der Waals surface area contributed by atoms with Gasteiger partial charge in [-0.1, -0.05) is 6.07 Å². The number of nitrogens with two attached hydrogens (primary N) is 1. The molecule has 0 unspecified atom stereocenters. The molecule has 0 atom stereocenters. The molecule has 104 valence electrons. The molecule has 4 rings (SSSR count). The molecular formula is C15H18N4S. The Morgan fingerprint density at radius 2 is 2.10 bits per heavy atom. The van der Waals surface area contributed by atoms with Crippen LogP contribution in [-0.4, -0.2) is 16.0 Å². The van der Waals surface area contributed by atoms with Gasteiger partial charge in [0.25, 0.3) is 0 Å². The van der Waals surface area contributed by atoms with Gasteiger partial charge >= 0.3 is 0 Å². The molecule has 20 heavy (non-hydrogen) atoms. The van der Waals surface area contributed by atoms with E-state index in [2.05, 4.69) is 27.4 Å². The maximum atomic E-state index is 5.98. The molecule has 2 fully saturated rings. The Hall–Kier alpha value is -1.62. The summed E-state index contributed by atoms with van der Waals surface area (Å²) in [6, 6.07) is 6.85. The lowest BCUT2D eigenvalue weighted by Crippen LogP contribution is -2.26. The summed E-state index contributed by atoms with van der Waals surface area (Å²) in [5.74, 6) is 3.10. The monoisotopic (exact) mass is 286 g/mol. The summed E-state index contributed by atoms with van der Waals surface area (Å²) < 4.78 is 0. The van der Waals surface area contributed by atoms with Crippen molar-refractivity contribution in [3.63, 3.8) is 0 Å². The van der Waals surface area contributed by atoms with Gasteiger partial charge in [0.15, 0.2) is 0 Å². The van der Waals surface area contributed by atoms with E-state index in [-0.39, 0.29) is 0 Å². The van der Waals surface area contributed by atoms with Gasteiger partial charge in [-0.25, -0.2) is 9.97 Å². The second kappa shape index (κ2) is 4.74. The molecule has 2 N–H and O–H groups in total. The molecule has 0 bridgehead atoms. The van der Waals surface area contributed by atoms with E-state index in [1.165, 1.54) is 30.6 Å². The van der Waals surface area contributed by atoms with Crippen LogP contribution >= 0.6 is 11.3 Å². The van der Waals surface area contributed by atoms with Crippen molar-refractivity contribution >= 4 is 23.0 Å². The van der Waals surface area contributed by atoms with Crippen LogP contribution in [0.1, 0.15) is 42.3 Å². The zero-order valence-electron chi connectivity index (χ0n) is 11.3. The molecule has 2 heterocycles. The molecule has 0 amide bonds. The Bertz CT molecular complexity index is 602. The van der Waals surface area contributed by atoms with Crippen molar-refractivity contribution < 1.29 is 0 Å². The minimum Gasteiger partial charge on any atom is -0.384 e. The van der Waals surface area contributed by atoms with Crippen molar-refractivity contribution in [2.24, 2.45) is 0 Å². The Kier molecular flexibility index (Phi) is 2.88. The molecule has 2 saturated carbocycles. The smallest absolute Gasteiger partial charge is 0.136 e. The van der Waals surface area contributed by atoms with Crippen molar-refractivity contribution in [3.8, 4) is 0 Å². The average Bonchev–Trinajstić information content (AvgIpc) is 3.35. The van der Waals surface area contributed by atoms with Crippen molar-refractivity contribution in [1.82, 2.24) is 9.97 Å². The third-order valence-electron chi connectivity index (χ3n) is 3.88. The van der Waals surface area contributed by atoms with Gasteiger partial charge in [0.05, 0.1) is 6.54 Å². The number of nitrogen functional groups attached to an aromatic ring is 1. The van der Waals surface area contributed by atoms with Crippen LogP contribution < -0.4 is 10.6 Å². The number of aromatic nitrogens is 2. The minimum atomic E-state index is 0.542. The zero-order valence-corrected chi connectivity index (χ0v) is 12.1. The average molecular weight is 286 g/mol. The van der Waals surface area contributed by atoms with Crippen molar-refractivity contribution in [2.45, 2.75) is 44.2 Å². The first-order valence-electron chi connectivity index (χ1n) is 7.23. The van der Waals surface area contributed by atoms with Gasteiger partial charge in [-0.3, -0.25) is 0 Å². The molecule has 2 aromatic heterocycles. The van der Waals surface area contributed by atoms with E-state index in [0.717, 1.165) is 18.2 Å². The van der Waals surface area contributed by atoms with E-state index < -0.39 is 0 Å². The number of anilines is 2. The van der Waals surface area contributed by atoms with Gasteiger partial charge in [-0.15, -0.1) is 11.3 Å². The molecule has 2 aliphatic rings. The van der Waals surface area contributed by atoms with E-state index >= 15 is 0 Å². The van der Waals surface area contributed by atoms with Crippen LogP contribution in [0.15, 0.2) is 23.6 Å². The fourth-order valence-electron chi connectivity index (χ4n) is 2.50. The molecule has 4 nitrogen and oxygen atoms in total. The molecule has 5 heteroatoms. The Morgan fingerprint density at radius 1 is 1.25 bits per heavy atom. The van der Waals surface area contributed by atoms with Gasteiger partial charge < -0.3 is 10.6 Å². The van der Waals surface area contributed by atoms with Gasteiger partial charge in [-0.05, 0) is 37.1 Å². The molecule has 2 aliphatic carbocycles. The van der Waals surface area contributed by atoms with Crippen LogP contribution in [0.3, 0.4) is 0 Å². The predicted molar refractivity (Wildman–Crippen MR) is 81.9 cm³/mol. The number of hydrogen-bond donors (Lipinski definition) is 1. The summed E-state index contributed by atoms with van der Waals surface area (Å²) >= 11 is 1.80. The summed E-state index contributed by atoms with van der Waals surface area (Å²) in [5, 5.41) is 2.13.